The molecular formula is C14H22N2O2S. The van der Waals surface area contributed by atoms with Crippen LogP contribution in [0.2, 0.25) is 0 Å². The van der Waals surface area contributed by atoms with Gasteiger partial charge in [0.1, 0.15) is 0 Å². The standard InChI is InChI=1S/C14H22N2O2S/c1-3-5-6-11-16-19(17,18)14-9-7-13(8-10-14)12-15-4-2/h3,5,7-10,15-16H,4,6,11-12H2,1-2H3/b5-3+. The van der Waals surface area contributed by atoms with Crippen LogP contribution >= 0.6 is 0 Å². The lowest BCUT2D eigenvalue weighted by Gasteiger charge is -2.07. The number of hydrogen-bond donors (Lipinski definition) is 2. The van der Waals surface area contributed by atoms with Gasteiger partial charge in [0.25, 0.3) is 0 Å². The molecule has 5 heteroatoms. The molecule has 0 radical (unpaired) electrons. The van der Waals surface area contributed by atoms with Crippen molar-refractivity contribution in [2.75, 3.05) is 13.1 Å². The molecule has 0 aromatic heterocycles. The molecule has 0 aliphatic heterocycles. The third kappa shape index (κ3) is 5.55. The van der Waals surface area contributed by atoms with E-state index in [-0.39, 0.29) is 0 Å². The minimum absolute atomic E-state index is 0.313. The van der Waals surface area contributed by atoms with E-state index in [0.29, 0.717) is 17.9 Å². The third-order valence-electron chi connectivity index (χ3n) is 2.65. The van der Waals surface area contributed by atoms with Crippen molar-refractivity contribution >= 4 is 10.0 Å². The lowest BCUT2D eigenvalue weighted by molar-refractivity contribution is 0.582. The van der Waals surface area contributed by atoms with Crippen LogP contribution in [0.15, 0.2) is 41.3 Å². The molecule has 0 atom stereocenters. The SMILES string of the molecule is C/C=C/CCNS(=O)(=O)c1ccc(CNCC)cc1. The average molecular weight is 282 g/mol. The Balaban J connectivity index is 2.62. The van der Waals surface area contributed by atoms with Gasteiger partial charge in [-0.25, -0.2) is 13.1 Å². The lowest BCUT2D eigenvalue weighted by Crippen LogP contribution is -2.24. The van der Waals surface area contributed by atoms with E-state index in [1.807, 2.05) is 38.1 Å². The largest absolute Gasteiger partial charge is 0.313 e. The minimum atomic E-state index is -3.38. The second kappa shape index (κ2) is 8.09. The molecule has 1 aromatic carbocycles. The zero-order valence-electron chi connectivity index (χ0n) is 11.5. The van der Waals surface area contributed by atoms with Crippen molar-refractivity contribution in [1.82, 2.24) is 10.0 Å². The van der Waals surface area contributed by atoms with Gasteiger partial charge in [-0.05, 0) is 37.6 Å². The van der Waals surface area contributed by atoms with Crippen LogP contribution in [0.5, 0.6) is 0 Å². The molecule has 4 nitrogen and oxygen atoms in total. The van der Waals surface area contributed by atoms with Crippen molar-refractivity contribution in [2.45, 2.75) is 31.7 Å². The van der Waals surface area contributed by atoms with Crippen molar-refractivity contribution in [3.05, 3.63) is 42.0 Å². The highest BCUT2D eigenvalue weighted by Gasteiger charge is 2.12. The summed E-state index contributed by atoms with van der Waals surface area (Å²) >= 11 is 0. The van der Waals surface area contributed by atoms with Gasteiger partial charge in [-0.2, -0.15) is 0 Å². The molecule has 0 unspecified atom stereocenters. The molecule has 0 aliphatic carbocycles. The Morgan fingerprint density at radius 2 is 1.89 bits per heavy atom. The number of hydrogen-bond acceptors (Lipinski definition) is 3. The maximum atomic E-state index is 12.0. The molecule has 0 saturated carbocycles. The van der Waals surface area contributed by atoms with Crippen LogP contribution in [0.1, 0.15) is 25.8 Å². The van der Waals surface area contributed by atoms with Crippen molar-refractivity contribution in [1.29, 1.82) is 0 Å². The smallest absolute Gasteiger partial charge is 0.240 e. The highest BCUT2D eigenvalue weighted by molar-refractivity contribution is 7.89. The molecule has 2 N–H and O–H groups in total. The summed E-state index contributed by atoms with van der Waals surface area (Å²) in [6.07, 6.45) is 4.54. The van der Waals surface area contributed by atoms with Crippen LogP contribution in [0.3, 0.4) is 0 Å². The Bertz CT molecular complexity index is 493. The van der Waals surface area contributed by atoms with E-state index in [4.69, 9.17) is 0 Å². The normalized spacial score (nSPS) is 12.1. The van der Waals surface area contributed by atoms with Crippen LogP contribution in [-0.4, -0.2) is 21.5 Å². The van der Waals surface area contributed by atoms with Gasteiger partial charge in [-0.3, -0.25) is 0 Å². The van der Waals surface area contributed by atoms with E-state index in [1.165, 1.54) is 0 Å². The van der Waals surface area contributed by atoms with Crippen LogP contribution in [0.4, 0.5) is 0 Å². The molecule has 0 fully saturated rings. The quantitative estimate of drug-likeness (QED) is 0.566. The fourth-order valence-electron chi connectivity index (χ4n) is 1.58. The monoisotopic (exact) mass is 282 g/mol. The van der Waals surface area contributed by atoms with Crippen molar-refractivity contribution in [3.63, 3.8) is 0 Å². The molecule has 0 spiro atoms. The zero-order chi connectivity index (χ0) is 14.1. The van der Waals surface area contributed by atoms with E-state index < -0.39 is 10.0 Å². The highest BCUT2D eigenvalue weighted by Crippen LogP contribution is 2.10. The molecule has 0 saturated heterocycles. The molecule has 0 heterocycles. The van der Waals surface area contributed by atoms with Gasteiger partial charge in [0, 0.05) is 13.1 Å². The summed E-state index contributed by atoms with van der Waals surface area (Å²) in [7, 11) is -3.38. The summed E-state index contributed by atoms with van der Waals surface area (Å²) in [4.78, 5) is 0.313. The van der Waals surface area contributed by atoms with Gasteiger partial charge in [-0.15, -0.1) is 0 Å². The van der Waals surface area contributed by atoms with Crippen molar-refractivity contribution in [3.8, 4) is 0 Å². The third-order valence-corrected chi connectivity index (χ3v) is 4.13. The molecule has 0 aliphatic rings. The summed E-state index contributed by atoms with van der Waals surface area (Å²) in [5, 5.41) is 3.20. The number of benzene rings is 1. The number of sulfonamides is 1. The summed E-state index contributed by atoms with van der Waals surface area (Å²) in [5.74, 6) is 0. The van der Waals surface area contributed by atoms with E-state index in [1.54, 1.807) is 12.1 Å². The van der Waals surface area contributed by atoms with Gasteiger partial charge in [-0.1, -0.05) is 31.2 Å². The Morgan fingerprint density at radius 1 is 1.21 bits per heavy atom. The topological polar surface area (TPSA) is 58.2 Å². The Kier molecular flexibility index (Phi) is 6.77. The Morgan fingerprint density at radius 3 is 2.47 bits per heavy atom. The van der Waals surface area contributed by atoms with Gasteiger partial charge in [0.05, 0.1) is 4.90 Å². The molecule has 106 valence electrons. The van der Waals surface area contributed by atoms with E-state index in [2.05, 4.69) is 10.0 Å². The van der Waals surface area contributed by atoms with Crippen LogP contribution in [0, 0.1) is 0 Å². The van der Waals surface area contributed by atoms with Gasteiger partial charge in [0.2, 0.25) is 10.0 Å². The Hall–Kier alpha value is -1.17. The summed E-state index contributed by atoms with van der Waals surface area (Å²) < 4.78 is 26.5. The van der Waals surface area contributed by atoms with Crippen molar-refractivity contribution < 1.29 is 8.42 Å². The first-order valence-corrected chi connectivity index (χ1v) is 7.99. The number of nitrogens with one attached hydrogen (secondary N) is 2. The van der Waals surface area contributed by atoms with Crippen LogP contribution < -0.4 is 10.0 Å². The molecule has 1 aromatic rings. The maximum absolute atomic E-state index is 12.0. The number of rotatable bonds is 8. The summed E-state index contributed by atoms with van der Waals surface area (Å²) in [6.45, 7) is 6.02. The average Bonchev–Trinajstić information content (AvgIpc) is 2.42. The van der Waals surface area contributed by atoms with Gasteiger partial charge >= 0.3 is 0 Å². The molecule has 1 rings (SSSR count). The van der Waals surface area contributed by atoms with E-state index >= 15 is 0 Å². The second-order valence-electron chi connectivity index (χ2n) is 4.18. The predicted octanol–water partition coefficient (Wildman–Crippen LogP) is 2.04. The first kappa shape index (κ1) is 15.9. The first-order valence-electron chi connectivity index (χ1n) is 6.50. The second-order valence-corrected chi connectivity index (χ2v) is 5.95. The fourth-order valence-corrected chi connectivity index (χ4v) is 2.63. The lowest BCUT2D eigenvalue weighted by atomic mass is 10.2. The highest BCUT2D eigenvalue weighted by atomic mass is 32.2. The van der Waals surface area contributed by atoms with Crippen molar-refractivity contribution in [2.24, 2.45) is 0 Å². The molecule has 19 heavy (non-hydrogen) atoms. The first-order chi connectivity index (χ1) is 9.10. The van der Waals surface area contributed by atoms with Crippen LogP contribution in [-0.2, 0) is 16.6 Å². The van der Waals surface area contributed by atoms with Crippen LogP contribution in [0.25, 0.3) is 0 Å². The summed E-state index contributed by atoms with van der Waals surface area (Å²) in [6, 6.07) is 6.96. The Labute approximate surface area is 116 Å². The zero-order valence-corrected chi connectivity index (χ0v) is 12.3. The molecule has 0 amide bonds. The fraction of sp³-hybridized carbons (Fsp3) is 0.429. The van der Waals surface area contributed by atoms with Gasteiger partial charge < -0.3 is 5.32 Å². The minimum Gasteiger partial charge on any atom is -0.313 e. The molecule has 0 bridgehead atoms. The predicted molar refractivity (Wildman–Crippen MR) is 78.4 cm³/mol. The molecular weight excluding hydrogens is 260 g/mol. The van der Waals surface area contributed by atoms with E-state index in [0.717, 1.165) is 18.7 Å². The number of allylic oxidation sites excluding steroid dienone is 1. The maximum Gasteiger partial charge on any atom is 0.240 e. The summed E-state index contributed by atoms with van der Waals surface area (Å²) in [5.41, 5.74) is 1.08. The van der Waals surface area contributed by atoms with E-state index in [9.17, 15) is 8.42 Å². The van der Waals surface area contributed by atoms with Gasteiger partial charge in [0.15, 0.2) is 0 Å².